The van der Waals surface area contributed by atoms with Crippen LogP contribution in [0.1, 0.15) is 38.7 Å². The minimum absolute atomic E-state index is 0.00401. The molecule has 0 bridgehead atoms. The summed E-state index contributed by atoms with van der Waals surface area (Å²) in [7, 11) is 0. The first-order valence-electron chi connectivity index (χ1n) is 9.39. The smallest absolute Gasteiger partial charge is 0.234 e. The monoisotopic (exact) mass is 432 g/mol. The predicted octanol–water partition coefficient (Wildman–Crippen LogP) is 5.01. The van der Waals surface area contributed by atoms with Crippen molar-refractivity contribution >= 4 is 23.4 Å². The number of hydrogen-bond donors (Lipinski definition) is 1. The van der Waals surface area contributed by atoms with Gasteiger partial charge in [0.25, 0.3) is 0 Å². The molecule has 0 saturated carbocycles. The molecule has 0 fully saturated rings. The summed E-state index contributed by atoms with van der Waals surface area (Å²) in [6.07, 6.45) is -0.542. The number of halogens is 2. The minimum Gasteiger partial charge on any atom is -0.480 e. The summed E-state index contributed by atoms with van der Waals surface area (Å²) >= 11 is 1.23. The van der Waals surface area contributed by atoms with Crippen LogP contribution in [0.4, 0.5) is 14.5 Å². The summed E-state index contributed by atoms with van der Waals surface area (Å²) in [4.78, 5) is 12.2. The molecular formula is C21H22F2N4O2S. The number of amides is 1. The number of hydrogen-bond acceptors (Lipinski definition) is 5. The fourth-order valence-electron chi connectivity index (χ4n) is 2.79. The number of aromatic nitrogens is 3. The molecule has 0 spiro atoms. The molecule has 1 aromatic heterocycles. The maximum absolute atomic E-state index is 13.9. The standard InChI is InChI=1S/C21H22F2N4O2S/c1-13(2)27-20(14(3)29-18-7-5-4-6-17(18)23)25-26-21(27)30-12-19(28)24-16-10-8-15(22)9-11-16/h4-11,13-14H,12H2,1-3H3,(H,24,28). The summed E-state index contributed by atoms with van der Waals surface area (Å²) in [5.74, 6) is -0.295. The molecule has 30 heavy (non-hydrogen) atoms. The highest BCUT2D eigenvalue weighted by Crippen LogP contribution is 2.28. The SMILES string of the molecule is CC(Oc1ccccc1F)c1nnc(SCC(=O)Nc2ccc(F)cc2)n1C(C)C. The first kappa shape index (κ1) is 21.8. The average Bonchev–Trinajstić information content (AvgIpc) is 3.14. The molecule has 3 rings (SSSR count). The van der Waals surface area contributed by atoms with Crippen molar-refractivity contribution in [3.05, 3.63) is 66.0 Å². The van der Waals surface area contributed by atoms with E-state index in [1.807, 2.05) is 18.4 Å². The van der Waals surface area contributed by atoms with Gasteiger partial charge in [-0.2, -0.15) is 0 Å². The number of ether oxygens (including phenoxy) is 1. The van der Waals surface area contributed by atoms with Gasteiger partial charge in [0.05, 0.1) is 5.75 Å². The molecular weight excluding hydrogens is 410 g/mol. The highest BCUT2D eigenvalue weighted by Gasteiger charge is 2.22. The van der Waals surface area contributed by atoms with Crippen molar-refractivity contribution in [2.45, 2.75) is 38.1 Å². The molecule has 1 amide bonds. The van der Waals surface area contributed by atoms with Crippen LogP contribution in [0.5, 0.6) is 5.75 Å². The third kappa shape index (κ3) is 5.35. The van der Waals surface area contributed by atoms with Gasteiger partial charge < -0.3 is 14.6 Å². The first-order chi connectivity index (χ1) is 14.3. The average molecular weight is 432 g/mol. The molecule has 0 aliphatic rings. The van der Waals surface area contributed by atoms with Crippen LogP contribution in [0.15, 0.2) is 53.7 Å². The Morgan fingerprint density at radius 2 is 1.80 bits per heavy atom. The van der Waals surface area contributed by atoms with E-state index < -0.39 is 11.9 Å². The van der Waals surface area contributed by atoms with Crippen LogP contribution in [0.25, 0.3) is 0 Å². The highest BCUT2D eigenvalue weighted by molar-refractivity contribution is 7.99. The topological polar surface area (TPSA) is 69.0 Å². The van der Waals surface area contributed by atoms with E-state index in [0.717, 1.165) is 0 Å². The molecule has 1 unspecified atom stereocenters. The number of rotatable bonds is 8. The summed E-state index contributed by atoms with van der Waals surface area (Å²) in [6.45, 7) is 5.70. The normalized spacial score (nSPS) is 12.1. The third-order valence-corrected chi connectivity index (χ3v) is 5.11. The Hall–Kier alpha value is -2.94. The summed E-state index contributed by atoms with van der Waals surface area (Å²) in [6, 6.07) is 11.7. The molecule has 0 saturated heterocycles. The second-order valence-electron chi connectivity index (χ2n) is 6.84. The van der Waals surface area contributed by atoms with E-state index in [4.69, 9.17) is 4.74 Å². The molecule has 1 atom stereocenters. The van der Waals surface area contributed by atoms with E-state index >= 15 is 0 Å². The lowest BCUT2D eigenvalue weighted by molar-refractivity contribution is -0.113. The van der Waals surface area contributed by atoms with E-state index in [0.29, 0.717) is 16.7 Å². The quantitative estimate of drug-likeness (QED) is 0.507. The molecule has 0 aliphatic heterocycles. The Morgan fingerprint density at radius 1 is 1.10 bits per heavy atom. The zero-order chi connectivity index (χ0) is 21.7. The second kappa shape index (κ2) is 9.71. The number of anilines is 1. The van der Waals surface area contributed by atoms with E-state index in [1.165, 1.54) is 42.1 Å². The second-order valence-corrected chi connectivity index (χ2v) is 7.78. The molecule has 6 nitrogen and oxygen atoms in total. The molecule has 1 N–H and O–H groups in total. The Labute approximate surface area is 177 Å². The van der Waals surface area contributed by atoms with Crippen LogP contribution >= 0.6 is 11.8 Å². The van der Waals surface area contributed by atoms with Crippen molar-refractivity contribution in [1.82, 2.24) is 14.8 Å². The number of benzene rings is 2. The lowest BCUT2D eigenvalue weighted by atomic mass is 10.3. The van der Waals surface area contributed by atoms with Crippen LogP contribution < -0.4 is 10.1 Å². The van der Waals surface area contributed by atoms with Crippen LogP contribution in [0.2, 0.25) is 0 Å². The largest absolute Gasteiger partial charge is 0.480 e. The van der Waals surface area contributed by atoms with Crippen molar-refractivity contribution < 1.29 is 18.3 Å². The Balaban J connectivity index is 1.68. The minimum atomic E-state index is -0.542. The first-order valence-corrected chi connectivity index (χ1v) is 10.4. The molecule has 0 aliphatic carbocycles. The molecule has 0 radical (unpaired) electrons. The summed E-state index contributed by atoms with van der Waals surface area (Å²) in [5, 5.41) is 11.7. The van der Waals surface area contributed by atoms with Crippen molar-refractivity contribution in [2.24, 2.45) is 0 Å². The van der Waals surface area contributed by atoms with Crippen molar-refractivity contribution in [2.75, 3.05) is 11.1 Å². The van der Waals surface area contributed by atoms with Gasteiger partial charge in [-0.05, 0) is 57.2 Å². The van der Waals surface area contributed by atoms with Crippen LogP contribution in [0.3, 0.4) is 0 Å². The number of carbonyl (C=O) groups excluding carboxylic acids is 1. The molecule has 9 heteroatoms. The van der Waals surface area contributed by atoms with Crippen LogP contribution in [-0.4, -0.2) is 26.4 Å². The van der Waals surface area contributed by atoms with Gasteiger partial charge in [0, 0.05) is 11.7 Å². The number of para-hydroxylation sites is 1. The van der Waals surface area contributed by atoms with E-state index in [9.17, 15) is 13.6 Å². The predicted molar refractivity (Wildman–Crippen MR) is 112 cm³/mol. The van der Waals surface area contributed by atoms with Crippen molar-refractivity contribution in [3.8, 4) is 5.75 Å². The van der Waals surface area contributed by atoms with Gasteiger partial charge in [0.15, 0.2) is 28.7 Å². The maximum Gasteiger partial charge on any atom is 0.234 e. The zero-order valence-corrected chi connectivity index (χ0v) is 17.6. The lowest BCUT2D eigenvalue weighted by Crippen LogP contribution is -2.16. The molecule has 1 heterocycles. The number of carbonyl (C=O) groups is 1. The highest BCUT2D eigenvalue weighted by atomic mass is 32.2. The Morgan fingerprint density at radius 3 is 2.47 bits per heavy atom. The summed E-state index contributed by atoms with van der Waals surface area (Å²) < 4.78 is 34.5. The zero-order valence-electron chi connectivity index (χ0n) is 16.8. The van der Waals surface area contributed by atoms with Gasteiger partial charge in [0.1, 0.15) is 5.82 Å². The van der Waals surface area contributed by atoms with Gasteiger partial charge in [-0.25, -0.2) is 8.78 Å². The summed E-state index contributed by atoms with van der Waals surface area (Å²) in [5.41, 5.74) is 0.514. The van der Waals surface area contributed by atoms with Crippen molar-refractivity contribution in [1.29, 1.82) is 0 Å². The van der Waals surface area contributed by atoms with E-state index in [-0.39, 0.29) is 29.3 Å². The lowest BCUT2D eigenvalue weighted by Gasteiger charge is -2.19. The van der Waals surface area contributed by atoms with E-state index in [2.05, 4.69) is 15.5 Å². The molecule has 2 aromatic carbocycles. The van der Waals surface area contributed by atoms with Gasteiger partial charge in [-0.15, -0.1) is 10.2 Å². The van der Waals surface area contributed by atoms with E-state index in [1.54, 1.807) is 25.1 Å². The van der Waals surface area contributed by atoms with Gasteiger partial charge in [-0.3, -0.25) is 4.79 Å². The Kier molecular flexibility index (Phi) is 7.04. The third-order valence-electron chi connectivity index (χ3n) is 4.17. The molecule has 158 valence electrons. The number of thioether (sulfide) groups is 1. The Bertz CT molecular complexity index is 1010. The number of nitrogens with one attached hydrogen (secondary N) is 1. The van der Waals surface area contributed by atoms with Crippen LogP contribution in [0, 0.1) is 11.6 Å². The maximum atomic E-state index is 13.9. The number of nitrogens with zero attached hydrogens (tertiary/aromatic N) is 3. The van der Waals surface area contributed by atoms with Gasteiger partial charge in [0.2, 0.25) is 5.91 Å². The molecule has 3 aromatic rings. The van der Waals surface area contributed by atoms with Crippen molar-refractivity contribution in [3.63, 3.8) is 0 Å². The van der Waals surface area contributed by atoms with Gasteiger partial charge in [-0.1, -0.05) is 23.9 Å². The fraction of sp³-hybridized carbons (Fsp3) is 0.286. The fourth-order valence-corrected chi connectivity index (χ4v) is 3.67. The van der Waals surface area contributed by atoms with Gasteiger partial charge >= 0.3 is 0 Å². The van der Waals surface area contributed by atoms with Crippen LogP contribution in [-0.2, 0) is 4.79 Å².